The summed E-state index contributed by atoms with van der Waals surface area (Å²) in [6, 6.07) is 9.97. The number of nitrogens with zero attached hydrogens (tertiary/aromatic N) is 2. The van der Waals surface area contributed by atoms with Crippen LogP contribution in [-0.4, -0.2) is 30.9 Å². The van der Waals surface area contributed by atoms with E-state index in [1.165, 1.54) is 12.1 Å². The molecule has 0 atom stereocenters. The van der Waals surface area contributed by atoms with Crippen molar-refractivity contribution in [3.63, 3.8) is 0 Å². The molecule has 7 heteroatoms. The highest BCUT2D eigenvalue weighted by atomic mass is 35.5. The molecule has 0 spiro atoms. The van der Waals surface area contributed by atoms with Crippen LogP contribution >= 0.6 is 23.2 Å². The minimum absolute atomic E-state index is 0.0163. The predicted octanol–water partition coefficient (Wildman–Crippen LogP) is 4.44. The third-order valence-corrected chi connectivity index (χ3v) is 4.10. The average molecular weight is 366 g/mol. The lowest BCUT2D eigenvalue weighted by atomic mass is 10.1. The van der Waals surface area contributed by atoms with Gasteiger partial charge in [0.25, 0.3) is 5.91 Å². The molecule has 0 aliphatic carbocycles. The maximum absolute atomic E-state index is 12.3. The highest BCUT2D eigenvalue weighted by Crippen LogP contribution is 2.31. The Hall–Kier alpha value is -2.24. The normalized spacial score (nSPS) is 11.3. The number of amides is 1. The zero-order valence-electron chi connectivity index (χ0n) is 13.5. The highest BCUT2D eigenvalue weighted by molar-refractivity contribution is 6.36. The number of aliphatic imine (C=N–C) groups is 1. The van der Waals surface area contributed by atoms with Crippen molar-refractivity contribution in [1.82, 2.24) is 0 Å². The highest BCUT2D eigenvalue weighted by Gasteiger charge is 2.15. The number of halogens is 2. The fourth-order valence-electron chi connectivity index (χ4n) is 2.04. The number of carbonyl (C=O) groups excluding carboxylic acids is 1. The molecule has 2 aromatic rings. The molecule has 2 N–H and O–H groups in total. The first kappa shape index (κ1) is 18.1. The minimum Gasteiger partial charge on any atom is -0.506 e. The van der Waals surface area contributed by atoms with E-state index >= 15 is 0 Å². The van der Waals surface area contributed by atoms with Crippen molar-refractivity contribution in [2.75, 3.05) is 24.3 Å². The third kappa shape index (κ3) is 3.99. The number of anilines is 2. The van der Waals surface area contributed by atoms with E-state index in [2.05, 4.69) is 10.3 Å². The summed E-state index contributed by atoms with van der Waals surface area (Å²) in [5.41, 5.74) is 1.53. The molecule has 0 radical (unpaired) electrons. The Balaban J connectivity index is 2.19. The van der Waals surface area contributed by atoms with Crippen molar-refractivity contribution in [3.8, 4) is 5.75 Å². The van der Waals surface area contributed by atoms with Gasteiger partial charge in [0, 0.05) is 30.5 Å². The largest absolute Gasteiger partial charge is 0.506 e. The summed E-state index contributed by atoms with van der Waals surface area (Å²) in [4.78, 5) is 18.3. The van der Waals surface area contributed by atoms with Crippen molar-refractivity contribution in [2.24, 2.45) is 4.99 Å². The molecule has 24 heavy (non-hydrogen) atoms. The second-order valence-corrected chi connectivity index (χ2v) is 5.96. The smallest absolute Gasteiger partial charge is 0.259 e. The number of hydrogen-bond acceptors (Lipinski definition) is 3. The van der Waals surface area contributed by atoms with Crippen LogP contribution in [0.5, 0.6) is 5.75 Å². The number of nitrogens with one attached hydrogen (secondary N) is 1. The first-order chi connectivity index (χ1) is 11.3. The molecule has 0 aliphatic rings. The second kappa shape index (κ2) is 7.55. The van der Waals surface area contributed by atoms with Crippen LogP contribution in [0.15, 0.2) is 41.4 Å². The lowest BCUT2D eigenvalue weighted by Gasteiger charge is -2.18. The number of carbonyl (C=O) groups is 1. The van der Waals surface area contributed by atoms with Crippen molar-refractivity contribution >= 4 is 46.3 Å². The molecular weight excluding hydrogens is 349 g/mol. The van der Waals surface area contributed by atoms with Crippen molar-refractivity contribution in [1.29, 1.82) is 0 Å². The first-order valence-electron chi connectivity index (χ1n) is 7.10. The van der Waals surface area contributed by atoms with E-state index in [1.807, 2.05) is 31.0 Å². The van der Waals surface area contributed by atoms with Crippen molar-refractivity contribution < 1.29 is 9.90 Å². The lowest BCUT2D eigenvalue weighted by molar-refractivity contribution is 0.102. The van der Waals surface area contributed by atoms with Crippen LogP contribution in [0.2, 0.25) is 10.0 Å². The van der Waals surface area contributed by atoms with Gasteiger partial charge >= 0.3 is 0 Å². The predicted molar refractivity (Wildman–Crippen MR) is 100.0 cm³/mol. The van der Waals surface area contributed by atoms with Crippen molar-refractivity contribution in [3.05, 3.63) is 52.0 Å². The minimum atomic E-state index is -0.496. The Morgan fingerprint density at radius 3 is 2.42 bits per heavy atom. The number of phenolic OH excluding ortho intramolecular Hbond substituents is 1. The number of phenols is 1. The van der Waals surface area contributed by atoms with E-state index in [0.29, 0.717) is 5.69 Å². The Morgan fingerprint density at radius 1 is 1.21 bits per heavy atom. The maximum atomic E-state index is 12.3. The van der Waals surface area contributed by atoms with Gasteiger partial charge in [-0.2, -0.15) is 0 Å². The lowest BCUT2D eigenvalue weighted by Crippen LogP contribution is -2.23. The fourth-order valence-corrected chi connectivity index (χ4v) is 2.54. The maximum Gasteiger partial charge on any atom is 0.259 e. The van der Waals surface area contributed by atoms with Gasteiger partial charge in [0.05, 0.1) is 16.4 Å². The van der Waals surface area contributed by atoms with Crippen molar-refractivity contribution in [2.45, 2.75) is 6.92 Å². The van der Waals surface area contributed by atoms with Crippen LogP contribution in [0.4, 0.5) is 11.4 Å². The van der Waals surface area contributed by atoms with E-state index in [-0.39, 0.29) is 21.4 Å². The Bertz CT molecular complexity index is 789. The zero-order valence-corrected chi connectivity index (χ0v) is 15.0. The standard InChI is InChI=1S/C17H17Cl2N3O2/c1-10(20-2)22(3)13-6-4-12(5-7-13)21-17(24)14-8-11(18)9-15(19)16(14)23/h4-9,23H,1-3H3,(H,21,24). The van der Waals surface area contributed by atoms with Gasteiger partial charge in [-0.15, -0.1) is 0 Å². The van der Waals surface area contributed by atoms with Crippen LogP contribution in [-0.2, 0) is 0 Å². The molecule has 2 aromatic carbocycles. The molecule has 0 saturated heterocycles. The Morgan fingerprint density at radius 2 is 1.83 bits per heavy atom. The van der Waals surface area contributed by atoms with E-state index in [4.69, 9.17) is 23.2 Å². The number of rotatable bonds is 3. The monoisotopic (exact) mass is 365 g/mol. The van der Waals surface area contributed by atoms with Gasteiger partial charge in [0.2, 0.25) is 0 Å². The van der Waals surface area contributed by atoms with Gasteiger partial charge in [-0.1, -0.05) is 23.2 Å². The van der Waals surface area contributed by atoms with E-state index in [1.54, 1.807) is 19.2 Å². The van der Waals surface area contributed by atoms with Crippen LogP contribution in [0, 0.1) is 0 Å². The van der Waals surface area contributed by atoms with Gasteiger partial charge in [0.1, 0.15) is 5.75 Å². The molecule has 0 heterocycles. The summed E-state index contributed by atoms with van der Waals surface area (Å²) >= 11 is 11.7. The quantitative estimate of drug-likeness (QED) is 0.624. The number of aromatic hydroxyl groups is 1. The van der Waals surface area contributed by atoms with E-state index in [0.717, 1.165) is 11.5 Å². The number of amidine groups is 1. The van der Waals surface area contributed by atoms with Gasteiger partial charge in [0.15, 0.2) is 0 Å². The molecular formula is C17H17Cl2N3O2. The summed E-state index contributed by atoms with van der Waals surface area (Å²) in [5, 5.41) is 12.9. The van der Waals surface area contributed by atoms with E-state index < -0.39 is 5.91 Å². The topological polar surface area (TPSA) is 64.9 Å². The molecule has 0 aromatic heterocycles. The summed E-state index contributed by atoms with van der Waals surface area (Å²) in [5.74, 6) is 0.0688. The van der Waals surface area contributed by atoms with Gasteiger partial charge < -0.3 is 15.3 Å². The molecule has 5 nitrogen and oxygen atoms in total. The Labute approximate surface area is 150 Å². The van der Waals surface area contributed by atoms with Crippen LogP contribution in [0.1, 0.15) is 17.3 Å². The van der Waals surface area contributed by atoms with Gasteiger partial charge in [-0.3, -0.25) is 9.79 Å². The SMILES string of the molecule is CN=C(C)N(C)c1ccc(NC(=O)c2cc(Cl)cc(Cl)c2O)cc1. The molecule has 2 rings (SSSR count). The summed E-state index contributed by atoms with van der Waals surface area (Å²) in [7, 11) is 3.63. The van der Waals surface area contributed by atoms with E-state index in [9.17, 15) is 9.90 Å². The fraction of sp³-hybridized carbons (Fsp3) is 0.176. The third-order valence-electron chi connectivity index (χ3n) is 3.59. The number of benzene rings is 2. The van der Waals surface area contributed by atoms with Gasteiger partial charge in [-0.25, -0.2) is 0 Å². The molecule has 126 valence electrons. The van der Waals surface area contributed by atoms with Crippen LogP contribution in [0.25, 0.3) is 0 Å². The molecule has 0 bridgehead atoms. The van der Waals surface area contributed by atoms with Crippen LogP contribution in [0.3, 0.4) is 0 Å². The van der Waals surface area contributed by atoms with Crippen LogP contribution < -0.4 is 10.2 Å². The molecule has 0 fully saturated rings. The summed E-state index contributed by atoms with van der Waals surface area (Å²) in [6.07, 6.45) is 0. The average Bonchev–Trinajstić information content (AvgIpc) is 2.57. The molecule has 0 saturated carbocycles. The molecule has 1 amide bonds. The molecule has 0 aliphatic heterocycles. The van der Waals surface area contributed by atoms with Gasteiger partial charge in [-0.05, 0) is 43.3 Å². The Kier molecular flexibility index (Phi) is 5.70. The first-order valence-corrected chi connectivity index (χ1v) is 7.85. The summed E-state index contributed by atoms with van der Waals surface area (Å²) in [6.45, 7) is 1.90. The number of hydrogen-bond donors (Lipinski definition) is 2. The second-order valence-electron chi connectivity index (χ2n) is 5.11. The summed E-state index contributed by atoms with van der Waals surface area (Å²) < 4.78 is 0. The zero-order chi connectivity index (χ0) is 17.9. The molecule has 0 unspecified atom stereocenters.